The molecule has 0 saturated carbocycles. The quantitative estimate of drug-likeness (QED) is 0.659. The van der Waals surface area contributed by atoms with Crippen LogP contribution in [0.3, 0.4) is 0 Å². The van der Waals surface area contributed by atoms with Gasteiger partial charge >= 0.3 is 5.97 Å². The first-order valence-electron chi connectivity index (χ1n) is 6.31. The fraction of sp³-hybridized carbons (Fsp3) is 0.357. The molecule has 0 saturated heterocycles. The van der Waals surface area contributed by atoms with Gasteiger partial charge in [-0.1, -0.05) is 0 Å². The van der Waals surface area contributed by atoms with Crippen LogP contribution in [0, 0.1) is 12.3 Å². The number of terminal acetylenes is 1. The van der Waals surface area contributed by atoms with E-state index in [4.69, 9.17) is 11.5 Å². The van der Waals surface area contributed by atoms with Crippen molar-refractivity contribution in [1.82, 2.24) is 4.72 Å². The van der Waals surface area contributed by atoms with E-state index in [0.29, 0.717) is 5.69 Å². The molecule has 0 amide bonds. The Hall–Kier alpha value is -2.04. The molecule has 0 aliphatic carbocycles. The molecule has 0 heterocycles. The smallest absolute Gasteiger partial charge is 0.327 e. The van der Waals surface area contributed by atoms with Crippen LogP contribution in [0.2, 0.25) is 0 Å². The van der Waals surface area contributed by atoms with E-state index in [1.165, 1.54) is 24.3 Å². The first-order valence-corrected chi connectivity index (χ1v) is 7.80. The highest BCUT2D eigenvalue weighted by molar-refractivity contribution is 7.89. The number of benzene rings is 1. The third kappa shape index (κ3) is 5.10. The first-order chi connectivity index (χ1) is 9.76. The molecule has 0 radical (unpaired) electrons. The molecule has 1 aromatic carbocycles. The van der Waals surface area contributed by atoms with E-state index in [0.717, 1.165) is 0 Å². The van der Waals surface area contributed by atoms with Gasteiger partial charge in [0, 0.05) is 18.2 Å². The highest BCUT2D eigenvalue weighted by atomic mass is 32.2. The second kappa shape index (κ2) is 7.11. The average molecular weight is 310 g/mol. The van der Waals surface area contributed by atoms with Gasteiger partial charge in [0.1, 0.15) is 6.04 Å². The minimum atomic E-state index is -3.56. The van der Waals surface area contributed by atoms with Crippen molar-refractivity contribution in [2.24, 2.45) is 0 Å². The summed E-state index contributed by atoms with van der Waals surface area (Å²) in [5.41, 5.74) is 0.487. The van der Waals surface area contributed by atoms with Crippen LogP contribution in [-0.2, 0) is 14.8 Å². The van der Waals surface area contributed by atoms with Crippen LogP contribution in [0.4, 0.5) is 5.69 Å². The number of hydrogen-bond donors (Lipinski definition) is 3. The number of rotatable bonds is 7. The molecule has 0 aliphatic rings. The topological polar surface area (TPSA) is 95.5 Å². The van der Waals surface area contributed by atoms with Gasteiger partial charge in [-0.05, 0) is 38.1 Å². The minimum Gasteiger partial charge on any atom is -0.480 e. The molecule has 0 spiro atoms. The van der Waals surface area contributed by atoms with Gasteiger partial charge in [0.15, 0.2) is 0 Å². The van der Waals surface area contributed by atoms with E-state index in [2.05, 4.69) is 16.0 Å². The number of hydrogen-bond acceptors (Lipinski definition) is 4. The summed E-state index contributed by atoms with van der Waals surface area (Å²) in [6, 6.07) is 4.69. The Morgan fingerprint density at radius 1 is 1.33 bits per heavy atom. The van der Waals surface area contributed by atoms with Gasteiger partial charge in [-0.15, -0.1) is 12.3 Å². The van der Waals surface area contributed by atoms with Gasteiger partial charge in [0.05, 0.1) is 4.90 Å². The number of carboxylic acids is 1. The molecule has 3 N–H and O–H groups in total. The number of nitrogens with one attached hydrogen (secondary N) is 2. The Balaban J connectivity index is 2.88. The Bertz CT molecular complexity index is 630. The Morgan fingerprint density at radius 2 is 1.90 bits per heavy atom. The van der Waals surface area contributed by atoms with Gasteiger partial charge < -0.3 is 10.4 Å². The Labute approximate surface area is 124 Å². The molecule has 21 heavy (non-hydrogen) atoms. The first kappa shape index (κ1) is 17.0. The summed E-state index contributed by atoms with van der Waals surface area (Å²) >= 11 is 0. The summed E-state index contributed by atoms with van der Waals surface area (Å²) < 4.78 is 26.3. The fourth-order valence-electron chi connectivity index (χ4n) is 1.63. The summed E-state index contributed by atoms with van der Waals surface area (Å²) in [5.74, 6) is 1.21. The maximum absolute atomic E-state index is 11.9. The predicted molar refractivity (Wildman–Crippen MR) is 80.4 cm³/mol. The number of carbonyl (C=O) groups is 1. The van der Waals surface area contributed by atoms with Crippen molar-refractivity contribution in [1.29, 1.82) is 0 Å². The average Bonchev–Trinajstić information content (AvgIpc) is 2.37. The molecule has 7 heteroatoms. The highest BCUT2D eigenvalue weighted by Crippen LogP contribution is 2.15. The van der Waals surface area contributed by atoms with Crippen molar-refractivity contribution < 1.29 is 18.3 Å². The largest absolute Gasteiger partial charge is 0.480 e. The second-order valence-corrected chi connectivity index (χ2v) is 6.46. The third-order valence-corrected chi connectivity index (χ3v) is 4.19. The molecule has 0 fully saturated rings. The lowest BCUT2D eigenvalue weighted by atomic mass is 10.2. The van der Waals surface area contributed by atoms with Crippen LogP contribution in [0.25, 0.3) is 0 Å². The zero-order valence-corrected chi connectivity index (χ0v) is 12.6. The molecule has 0 aromatic heterocycles. The molecular weight excluding hydrogens is 292 g/mol. The second-order valence-electron chi connectivity index (χ2n) is 4.74. The third-order valence-electron chi connectivity index (χ3n) is 2.52. The van der Waals surface area contributed by atoms with Crippen LogP contribution in [0.15, 0.2) is 29.2 Å². The van der Waals surface area contributed by atoms with Gasteiger partial charge in [0.25, 0.3) is 0 Å². The summed E-state index contributed by atoms with van der Waals surface area (Å²) in [6.07, 6.45) is 5.14. The summed E-state index contributed by atoms with van der Waals surface area (Å²) in [4.78, 5) is 11.1. The van der Waals surface area contributed by atoms with Crippen molar-refractivity contribution >= 4 is 21.7 Å². The summed E-state index contributed by atoms with van der Waals surface area (Å²) in [5, 5.41) is 11.7. The van der Waals surface area contributed by atoms with E-state index in [-0.39, 0.29) is 17.4 Å². The van der Waals surface area contributed by atoms with Crippen molar-refractivity contribution in [3.63, 3.8) is 0 Å². The van der Waals surface area contributed by atoms with E-state index in [1.807, 2.05) is 0 Å². The molecule has 1 atom stereocenters. The Morgan fingerprint density at radius 3 is 2.33 bits per heavy atom. The van der Waals surface area contributed by atoms with Gasteiger partial charge in [0.2, 0.25) is 10.0 Å². The van der Waals surface area contributed by atoms with Crippen LogP contribution < -0.4 is 10.0 Å². The summed E-state index contributed by atoms with van der Waals surface area (Å²) in [7, 11) is -3.56. The standard InChI is InChI=1S/C14H18N2O4S/c1-4-5-13(14(17)18)15-11-6-8-12(9-7-11)21(19,20)16-10(2)3/h1,6-10,13,15-16H,5H2,2-3H3,(H,17,18). The fourth-order valence-corrected chi connectivity index (χ4v) is 2.88. The molecule has 114 valence electrons. The molecular formula is C14H18N2O4S. The Kier molecular flexibility index (Phi) is 5.76. The maximum Gasteiger partial charge on any atom is 0.327 e. The molecule has 6 nitrogen and oxygen atoms in total. The van der Waals surface area contributed by atoms with E-state index in [1.54, 1.807) is 13.8 Å². The monoisotopic (exact) mass is 310 g/mol. The van der Waals surface area contributed by atoms with Crippen LogP contribution in [0.1, 0.15) is 20.3 Å². The zero-order valence-electron chi connectivity index (χ0n) is 11.8. The number of anilines is 1. The summed E-state index contributed by atoms with van der Waals surface area (Å²) in [6.45, 7) is 3.45. The molecule has 1 rings (SSSR count). The number of carboxylic acid groups (broad SMARTS) is 1. The van der Waals surface area contributed by atoms with Gasteiger partial charge in [-0.2, -0.15) is 0 Å². The van der Waals surface area contributed by atoms with Crippen molar-refractivity contribution in [2.75, 3.05) is 5.32 Å². The lowest BCUT2D eigenvalue weighted by molar-refractivity contribution is -0.137. The van der Waals surface area contributed by atoms with Crippen molar-refractivity contribution in [3.05, 3.63) is 24.3 Å². The van der Waals surface area contributed by atoms with Crippen LogP contribution in [0.5, 0.6) is 0 Å². The van der Waals surface area contributed by atoms with Crippen molar-refractivity contribution in [2.45, 2.75) is 37.2 Å². The minimum absolute atomic E-state index is 0.0320. The molecule has 1 unspecified atom stereocenters. The normalized spacial score (nSPS) is 12.7. The molecule has 0 aliphatic heterocycles. The lowest BCUT2D eigenvalue weighted by Gasteiger charge is -2.14. The van der Waals surface area contributed by atoms with Crippen LogP contribution in [-0.4, -0.2) is 31.6 Å². The van der Waals surface area contributed by atoms with E-state index < -0.39 is 22.0 Å². The highest BCUT2D eigenvalue weighted by Gasteiger charge is 2.17. The number of aliphatic carboxylic acids is 1. The van der Waals surface area contributed by atoms with E-state index in [9.17, 15) is 13.2 Å². The lowest BCUT2D eigenvalue weighted by Crippen LogP contribution is -2.30. The van der Waals surface area contributed by atoms with E-state index >= 15 is 0 Å². The SMILES string of the molecule is C#CCC(Nc1ccc(S(=O)(=O)NC(C)C)cc1)C(=O)O. The van der Waals surface area contributed by atoms with Crippen LogP contribution >= 0.6 is 0 Å². The zero-order chi connectivity index (χ0) is 16.0. The van der Waals surface area contributed by atoms with Gasteiger partial charge in [-0.3, -0.25) is 0 Å². The maximum atomic E-state index is 11.9. The van der Waals surface area contributed by atoms with Gasteiger partial charge in [-0.25, -0.2) is 17.9 Å². The number of sulfonamides is 1. The van der Waals surface area contributed by atoms with Crippen molar-refractivity contribution in [3.8, 4) is 12.3 Å². The predicted octanol–water partition coefficient (Wildman–Crippen LogP) is 1.26. The molecule has 1 aromatic rings. The molecule has 0 bridgehead atoms.